The molecule has 2 bridgehead atoms. The Morgan fingerprint density at radius 3 is 2.71 bits per heavy atom. The van der Waals surface area contributed by atoms with Crippen molar-refractivity contribution in [1.82, 2.24) is 19.9 Å². The normalized spacial score (nSPS) is 23.7. The second-order valence-electron chi connectivity index (χ2n) is 12.6. The molecular weight excluding hydrogens is 528 g/mol. The van der Waals surface area contributed by atoms with Gasteiger partial charge in [-0.3, -0.25) is 4.79 Å². The van der Waals surface area contributed by atoms with Crippen molar-refractivity contribution in [2.24, 2.45) is 29.4 Å². The first-order valence-electron chi connectivity index (χ1n) is 14.9. The lowest BCUT2D eigenvalue weighted by molar-refractivity contribution is -0.122. The van der Waals surface area contributed by atoms with Crippen LogP contribution in [0.15, 0.2) is 36.5 Å². The Balaban J connectivity index is 1.35. The number of rotatable bonds is 9. The number of pyridine rings is 1. The number of nitrogens with one attached hydrogen (secondary N) is 2. The fourth-order valence-corrected chi connectivity index (χ4v) is 6.81. The molecule has 1 saturated carbocycles. The first-order valence-corrected chi connectivity index (χ1v) is 14.9. The molecule has 3 aromatic rings. The van der Waals surface area contributed by atoms with E-state index in [1.54, 1.807) is 0 Å². The van der Waals surface area contributed by atoms with Gasteiger partial charge < -0.3 is 30.6 Å². The number of H-pyrrole nitrogens is 1. The lowest BCUT2D eigenvalue weighted by Crippen LogP contribution is -2.41. The van der Waals surface area contributed by atoms with Crippen molar-refractivity contribution in [3.8, 4) is 23.2 Å². The van der Waals surface area contributed by atoms with E-state index in [-0.39, 0.29) is 29.7 Å². The molecule has 4 atom stereocenters. The number of benzene rings is 1. The number of aromatic nitrogens is 3. The summed E-state index contributed by atoms with van der Waals surface area (Å²) in [5.74, 6) is 1.38. The quantitative estimate of drug-likeness (QED) is 0.328. The number of piperidine rings is 1. The number of aromatic amines is 1. The number of carbonyl (C=O) groups is 1. The van der Waals surface area contributed by atoms with E-state index in [1.807, 2.05) is 0 Å². The molecule has 0 unspecified atom stereocenters. The van der Waals surface area contributed by atoms with Gasteiger partial charge in [0.2, 0.25) is 5.91 Å². The molecule has 1 aliphatic heterocycles. The number of nitrogens with zero attached hydrogens (tertiary/aromatic N) is 5. The summed E-state index contributed by atoms with van der Waals surface area (Å²) >= 11 is 0. The largest absolute Gasteiger partial charge is 0.492 e. The summed E-state index contributed by atoms with van der Waals surface area (Å²) < 4.78 is 6.35. The highest BCUT2D eigenvalue weighted by atomic mass is 16.5. The first-order chi connectivity index (χ1) is 20.2. The maximum atomic E-state index is 12.4. The number of hydrogen-bond donors (Lipinski definition) is 3. The number of nitrogens with two attached hydrogens (primary N) is 1. The monoisotopic (exact) mass is 568 g/mol. The topological polar surface area (TPSA) is 136 Å². The molecule has 10 nitrogen and oxygen atoms in total. The van der Waals surface area contributed by atoms with Crippen molar-refractivity contribution in [1.29, 1.82) is 5.26 Å². The van der Waals surface area contributed by atoms with Crippen LogP contribution in [0.5, 0.6) is 5.75 Å². The van der Waals surface area contributed by atoms with Gasteiger partial charge >= 0.3 is 0 Å². The summed E-state index contributed by atoms with van der Waals surface area (Å²) in [4.78, 5) is 29.9. The molecule has 1 saturated heterocycles. The van der Waals surface area contributed by atoms with Gasteiger partial charge in [0, 0.05) is 43.1 Å². The molecule has 3 heterocycles. The van der Waals surface area contributed by atoms with E-state index in [4.69, 9.17) is 15.5 Å². The molecule has 2 aromatic heterocycles. The van der Waals surface area contributed by atoms with Crippen LogP contribution in [0.25, 0.3) is 22.6 Å². The summed E-state index contributed by atoms with van der Waals surface area (Å²) in [5.41, 5.74) is 9.90. The van der Waals surface area contributed by atoms with Gasteiger partial charge in [-0.25, -0.2) is 9.97 Å². The third-order valence-electron chi connectivity index (χ3n) is 9.09. The molecule has 0 spiro atoms. The minimum atomic E-state index is -0.330. The van der Waals surface area contributed by atoms with Gasteiger partial charge in [-0.1, -0.05) is 26.0 Å². The van der Waals surface area contributed by atoms with Crippen LogP contribution >= 0.6 is 0 Å². The molecule has 2 aliphatic carbocycles. The van der Waals surface area contributed by atoms with Gasteiger partial charge in [-0.05, 0) is 63.2 Å². The number of carbonyl (C=O) groups excluding carboxylic acids is 1. The van der Waals surface area contributed by atoms with E-state index in [9.17, 15) is 10.1 Å². The minimum Gasteiger partial charge on any atom is -0.492 e. The predicted molar refractivity (Wildman–Crippen MR) is 164 cm³/mol. The molecular formula is C32H40N8O2. The van der Waals surface area contributed by atoms with E-state index >= 15 is 0 Å². The van der Waals surface area contributed by atoms with E-state index in [1.165, 1.54) is 6.20 Å². The molecule has 42 heavy (non-hydrogen) atoms. The average Bonchev–Trinajstić information content (AvgIpc) is 3.71. The lowest BCUT2D eigenvalue weighted by atomic mass is 9.88. The number of amides is 1. The molecule has 1 aromatic carbocycles. The number of imidazole rings is 1. The van der Waals surface area contributed by atoms with Crippen molar-refractivity contribution in [2.45, 2.75) is 45.2 Å². The Hall–Kier alpha value is -4.10. The zero-order chi connectivity index (χ0) is 29.5. The zero-order valence-corrected chi connectivity index (χ0v) is 24.8. The van der Waals surface area contributed by atoms with Gasteiger partial charge in [0.05, 0.1) is 29.3 Å². The van der Waals surface area contributed by atoms with Crippen LogP contribution in [0.4, 0.5) is 11.4 Å². The molecule has 3 aliphatic rings. The van der Waals surface area contributed by atoms with Crippen LogP contribution in [0, 0.1) is 35.0 Å². The average molecular weight is 569 g/mol. The molecule has 4 N–H and O–H groups in total. The van der Waals surface area contributed by atoms with E-state index in [0.29, 0.717) is 46.8 Å². The van der Waals surface area contributed by atoms with Crippen LogP contribution < -0.4 is 20.7 Å². The third kappa shape index (κ3) is 5.18. The summed E-state index contributed by atoms with van der Waals surface area (Å²) in [6, 6.07) is 8.98. The summed E-state index contributed by atoms with van der Waals surface area (Å²) in [6.45, 7) is 6.83. The van der Waals surface area contributed by atoms with Gasteiger partial charge in [0.15, 0.2) is 5.65 Å². The molecule has 6 rings (SSSR count). The predicted octanol–water partition coefficient (Wildman–Crippen LogP) is 4.15. The highest BCUT2D eigenvalue weighted by Gasteiger charge is 2.47. The molecule has 2 fully saturated rings. The van der Waals surface area contributed by atoms with Gasteiger partial charge in [0.1, 0.15) is 23.2 Å². The number of anilines is 2. The van der Waals surface area contributed by atoms with E-state index in [0.717, 1.165) is 49.4 Å². The van der Waals surface area contributed by atoms with E-state index in [2.05, 4.69) is 89.4 Å². The highest BCUT2D eigenvalue weighted by molar-refractivity contribution is 5.92. The molecule has 220 valence electrons. The van der Waals surface area contributed by atoms with E-state index < -0.39 is 0 Å². The number of ether oxygens (including phenoxy) is 1. The highest BCUT2D eigenvalue weighted by Crippen LogP contribution is 2.46. The lowest BCUT2D eigenvalue weighted by Gasteiger charge is -2.36. The van der Waals surface area contributed by atoms with Crippen molar-refractivity contribution in [3.05, 3.63) is 42.1 Å². The maximum absolute atomic E-state index is 12.4. The summed E-state index contributed by atoms with van der Waals surface area (Å²) in [5, 5.41) is 13.5. The van der Waals surface area contributed by atoms with Gasteiger partial charge in [-0.2, -0.15) is 5.26 Å². The Morgan fingerprint density at radius 2 is 2.02 bits per heavy atom. The smallest absolute Gasteiger partial charge is 0.223 e. The van der Waals surface area contributed by atoms with Crippen LogP contribution in [0.3, 0.4) is 0 Å². The van der Waals surface area contributed by atoms with Crippen LogP contribution in [-0.2, 0) is 4.79 Å². The van der Waals surface area contributed by atoms with Crippen molar-refractivity contribution < 1.29 is 9.53 Å². The summed E-state index contributed by atoms with van der Waals surface area (Å²) in [7, 11) is 4.31. The maximum Gasteiger partial charge on any atom is 0.223 e. The molecule has 10 heteroatoms. The molecule has 1 amide bonds. The SMILES string of the molecule is CC(C)COc1cc(N2CCC(N(C)C)CC2)ccc1-c1nc2ncc(C#N)c(N[C@H]3[C@@H](C(N)=O)[C@@H]4C=C[C@H]3C4)c2[nH]1. The van der Waals surface area contributed by atoms with Crippen LogP contribution in [-0.4, -0.2) is 71.6 Å². The number of hydrogen-bond acceptors (Lipinski definition) is 8. The van der Waals surface area contributed by atoms with Crippen molar-refractivity contribution in [3.63, 3.8) is 0 Å². The first kappa shape index (κ1) is 28.0. The van der Waals surface area contributed by atoms with Crippen LogP contribution in [0.1, 0.15) is 38.7 Å². The number of nitriles is 1. The Bertz CT molecular complexity index is 1550. The Morgan fingerprint density at radius 1 is 1.26 bits per heavy atom. The van der Waals surface area contributed by atoms with Gasteiger partial charge in [0.25, 0.3) is 0 Å². The number of fused-ring (bicyclic) bond motifs is 3. The molecule has 0 radical (unpaired) electrons. The van der Waals surface area contributed by atoms with Crippen molar-refractivity contribution in [2.75, 3.05) is 44.0 Å². The number of allylic oxidation sites excluding steroid dienone is 1. The Kier molecular flexibility index (Phi) is 7.54. The second kappa shape index (κ2) is 11.3. The zero-order valence-electron chi connectivity index (χ0n) is 24.8. The fraction of sp³-hybridized carbons (Fsp3) is 0.500. The number of primary amides is 1. The fourth-order valence-electron chi connectivity index (χ4n) is 6.81. The van der Waals surface area contributed by atoms with Gasteiger partial charge in [-0.15, -0.1) is 0 Å². The standard InChI is InChI=1S/C32H40N8O2/c1-18(2)17-42-25-14-23(40-11-9-22(10-12-40)39(3)4)7-8-24(25)31-37-29-28(21(15-33)16-35-32(29)38-31)36-27-20-6-5-19(13-20)26(27)30(34)41/h5-8,14,16,18-20,22,26-27H,9-13,17H2,1-4H3,(H2,34,41)(H2,35,36,37,38)/t19-,20+,26+,27-/m1/s1. The minimum absolute atomic E-state index is 0.123. The second-order valence-corrected chi connectivity index (χ2v) is 12.6. The third-order valence-corrected chi connectivity index (χ3v) is 9.09. The summed E-state index contributed by atoms with van der Waals surface area (Å²) in [6.07, 6.45) is 8.90. The van der Waals surface area contributed by atoms with Crippen molar-refractivity contribution >= 4 is 28.4 Å². The Labute approximate surface area is 246 Å². The van der Waals surface area contributed by atoms with Crippen LogP contribution in [0.2, 0.25) is 0 Å².